The first-order chi connectivity index (χ1) is 42.3. The summed E-state index contributed by atoms with van der Waals surface area (Å²) in [5.41, 5.74) is 7.47. The summed E-state index contributed by atoms with van der Waals surface area (Å²) in [7, 11) is 0. The van der Waals surface area contributed by atoms with E-state index < -0.39 is 10.8 Å². The van der Waals surface area contributed by atoms with Crippen LogP contribution in [0.15, 0.2) is 21.1 Å². The molecule has 3 aromatic carbocycles. The second-order valence-corrected chi connectivity index (χ2v) is 30.1. The minimum Gasteiger partial charge on any atom is -0.206 e. The fourth-order valence-electron chi connectivity index (χ4n) is 15.8. The van der Waals surface area contributed by atoms with Crippen LogP contribution in [0.25, 0.3) is 44.3 Å². The molecule has 0 N–H and O–H groups in total. The molecule has 0 saturated heterocycles. The van der Waals surface area contributed by atoms with Gasteiger partial charge in [0, 0.05) is 53.2 Å². The van der Waals surface area contributed by atoms with Gasteiger partial charge in [0.25, 0.3) is 0 Å². The summed E-state index contributed by atoms with van der Waals surface area (Å²) in [6.45, 7) is 9.18. The Bertz CT molecular complexity index is 2460. The number of fused-ring (bicyclic) bond motifs is 10. The molecule has 2 aromatic heterocycles. The molecule has 0 radical (unpaired) electrons. The molecule has 0 fully saturated rings. The van der Waals surface area contributed by atoms with Crippen LogP contribution in [0.4, 0.5) is 8.78 Å². The topological polar surface area (TPSA) is 51.6 Å². The zero-order valence-electron chi connectivity index (χ0n) is 55.0. The monoisotopic (exact) mass is 1350 g/mol. The fourth-order valence-corrected chi connectivity index (χ4v) is 18.1. The van der Waals surface area contributed by atoms with Gasteiger partial charge in [-0.1, -0.05) is 336 Å². The van der Waals surface area contributed by atoms with Crippen molar-refractivity contribution in [3.8, 4) is 22.3 Å². The van der Waals surface area contributed by atoms with Crippen molar-refractivity contribution in [3.05, 3.63) is 55.0 Å². The van der Waals surface area contributed by atoms with Crippen LogP contribution < -0.4 is 0 Å². The Balaban J connectivity index is 1.24. The number of nitrogens with zero attached hydrogens (tertiary/aromatic N) is 4. The highest BCUT2D eigenvalue weighted by Gasteiger charge is 2.54. The van der Waals surface area contributed by atoms with Crippen molar-refractivity contribution in [2.45, 2.75) is 372 Å². The Kier molecular flexibility index (Phi) is 33.4. The van der Waals surface area contributed by atoms with Crippen LogP contribution in [0.1, 0.15) is 384 Å². The number of unbranched alkanes of at least 4 members (excludes halogenated alkanes) is 44. The molecule has 4 nitrogen and oxygen atoms in total. The van der Waals surface area contributed by atoms with Crippen molar-refractivity contribution < 1.29 is 8.78 Å². The van der Waals surface area contributed by atoms with E-state index in [9.17, 15) is 0 Å². The average Bonchev–Trinajstić information content (AvgIpc) is 1.52. The number of hydrogen-bond donors (Lipinski definition) is 0. The van der Waals surface area contributed by atoms with Crippen LogP contribution in [0.5, 0.6) is 0 Å². The second-order valence-electron chi connectivity index (χ2n) is 27.3. The lowest BCUT2D eigenvalue weighted by molar-refractivity contribution is 0.374. The van der Waals surface area contributed by atoms with Gasteiger partial charge in [-0.15, -0.1) is 0 Å². The standard InChI is InChI=1S/C76H118Br2F2N4S2/c1-5-9-13-17-21-25-29-33-37-41-45-49-53-75(54-50-46-42-38-34-30-26-22-18-14-10-6-2)59-57-61(77)71-73(83-85-81-71)63(59)65-67(75)69(79)66-64-60(58-62(78)72-74(64)84-86-82-72)76(68(66)70(65)80,55-51-47-43-39-35-31-27-23-19-15-11-7-3)56-52-48-44-40-36-32-28-24-20-16-12-8-4/h57-58H,5-56H2,1-4H3. The molecule has 86 heavy (non-hydrogen) atoms. The molecule has 482 valence electrons. The van der Waals surface area contributed by atoms with E-state index >= 15 is 8.78 Å². The predicted molar refractivity (Wildman–Crippen MR) is 379 cm³/mol. The van der Waals surface area contributed by atoms with E-state index in [1.807, 2.05) is 0 Å². The van der Waals surface area contributed by atoms with Crippen molar-refractivity contribution in [2.75, 3.05) is 0 Å². The van der Waals surface area contributed by atoms with Crippen LogP contribution >= 0.6 is 55.3 Å². The van der Waals surface area contributed by atoms with Gasteiger partial charge in [0.1, 0.15) is 33.7 Å². The maximum Gasteiger partial charge on any atom is 0.136 e. The molecule has 0 unspecified atom stereocenters. The minimum atomic E-state index is -0.715. The lowest BCUT2D eigenvalue weighted by Crippen LogP contribution is -2.29. The second kappa shape index (κ2) is 40.2. The number of rotatable bonds is 52. The van der Waals surface area contributed by atoms with Gasteiger partial charge in [-0.05, 0) is 80.8 Å². The molecule has 2 heterocycles. The third-order valence-electron chi connectivity index (χ3n) is 20.7. The predicted octanol–water partition coefficient (Wildman–Crippen LogP) is 28.4. The van der Waals surface area contributed by atoms with Crippen LogP contribution in [0.2, 0.25) is 0 Å². The lowest BCUT2D eigenvalue weighted by Gasteiger charge is -2.35. The lowest BCUT2D eigenvalue weighted by atomic mass is 9.68. The fraction of sp³-hybridized carbons (Fsp3) is 0.763. The van der Waals surface area contributed by atoms with E-state index in [4.69, 9.17) is 17.5 Å². The Morgan fingerprint density at radius 3 is 0.709 bits per heavy atom. The first-order valence-electron chi connectivity index (χ1n) is 36.8. The maximum absolute atomic E-state index is 19.9. The zero-order valence-corrected chi connectivity index (χ0v) is 59.8. The molecule has 0 spiro atoms. The highest BCUT2D eigenvalue weighted by molar-refractivity contribution is 9.11. The van der Waals surface area contributed by atoms with E-state index in [-0.39, 0.29) is 11.6 Å². The van der Waals surface area contributed by atoms with E-state index in [0.29, 0.717) is 22.3 Å². The minimum absolute atomic E-state index is 0.206. The van der Waals surface area contributed by atoms with Crippen LogP contribution in [-0.2, 0) is 10.8 Å². The van der Waals surface area contributed by atoms with Crippen molar-refractivity contribution in [1.82, 2.24) is 17.5 Å². The van der Waals surface area contributed by atoms with E-state index in [0.717, 1.165) is 130 Å². The molecule has 0 bridgehead atoms. The molecule has 7 rings (SSSR count). The van der Waals surface area contributed by atoms with Crippen molar-refractivity contribution >= 4 is 77.4 Å². The summed E-state index contributed by atoms with van der Waals surface area (Å²) in [6, 6.07) is 4.48. The highest BCUT2D eigenvalue weighted by atomic mass is 79.9. The quantitative estimate of drug-likeness (QED) is 0.0364. The van der Waals surface area contributed by atoms with Gasteiger partial charge in [0.2, 0.25) is 0 Å². The molecular weight excluding hydrogens is 1230 g/mol. The number of hydrogen-bond acceptors (Lipinski definition) is 6. The summed E-state index contributed by atoms with van der Waals surface area (Å²) in [6.07, 6.45) is 63.9. The Morgan fingerprint density at radius 2 is 0.488 bits per heavy atom. The first-order valence-corrected chi connectivity index (χ1v) is 39.8. The van der Waals surface area contributed by atoms with E-state index in [1.165, 1.54) is 280 Å². The zero-order chi connectivity index (χ0) is 60.7. The molecule has 10 heteroatoms. The van der Waals surface area contributed by atoms with Gasteiger partial charge in [0.15, 0.2) is 0 Å². The van der Waals surface area contributed by atoms with Gasteiger partial charge < -0.3 is 0 Å². The molecule has 0 aliphatic heterocycles. The third-order valence-corrected chi connectivity index (χ3v) is 22.9. The molecule has 0 saturated carbocycles. The smallest absolute Gasteiger partial charge is 0.136 e. The van der Waals surface area contributed by atoms with Gasteiger partial charge in [-0.2, -0.15) is 17.5 Å². The molecule has 2 aliphatic carbocycles. The summed E-state index contributed by atoms with van der Waals surface area (Å²) in [4.78, 5) is 0. The van der Waals surface area contributed by atoms with Gasteiger partial charge in [-0.25, -0.2) is 8.78 Å². The number of halogens is 4. The van der Waals surface area contributed by atoms with Crippen LogP contribution in [0.3, 0.4) is 0 Å². The number of benzene rings is 3. The third kappa shape index (κ3) is 19.6. The summed E-state index contributed by atoms with van der Waals surface area (Å²) < 4.78 is 61.3. The summed E-state index contributed by atoms with van der Waals surface area (Å²) in [5.74, 6) is -0.413. The Labute approximate surface area is 549 Å². The molecule has 0 atom stereocenters. The van der Waals surface area contributed by atoms with Crippen molar-refractivity contribution in [3.63, 3.8) is 0 Å². The first kappa shape index (κ1) is 71.6. The highest BCUT2D eigenvalue weighted by Crippen LogP contribution is 2.65. The largest absolute Gasteiger partial charge is 0.206 e. The Morgan fingerprint density at radius 1 is 0.291 bits per heavy atom. The van der Waals surface area contributed by atoms with Crippen LogP contribution in [-0.4, -0.2) is 17.5 Å². The molecule has 0 amide bonds. The average molecular weight is 1350 g/mol. The molecule has 5 aromatic rings. The Hall–Kier alpha value is -1.88. The van der Waals surface area contributed by atoms with E-state index in [1.54, 1.807) is 0 Å². The summed E-state index contributed by atoms with van der Waals surface area (Å²) in [5, 5.41) is 0. The van der Waals surface area contributed by atoms with Crippen molar-refractivity contribution in [2.24, 2.45) is 0 Å². The SMILES string of the molecule is CCCCCCCCCCCCCCC1(CCCCCCCCCCCCCC)c2cc(Br)c3nsnc3c2-c2c(F)c3c(c(F)c21)-c1c(cc(Br)c2nsnc12)C3(CCCCCCCCCCCCCC)CCCCCCCCCCCCCC. The normalized spacial score (nSPS) is 13.9. The maximum atomic E-state index is 19.9. The van der Waals surface area contributed by atoms with Gasteiger partial charge >= 0.3 is 0 Å². The number of aromatic nitrogens is 4. The van der Waals surface area contributed by atoms with E-state index in [2.05, 4.69) is 71.7 Å². The van der Waals surface area contributed by atoms with Crippen LogP contribution in [0, 0.1) is 11.6 Å². The molecular formula is C76H118Br2F2N4S2. The van der Waals surface area contributed by atoms with Gasteiger partial charge in [0.05, 0.1) is 23.5 Å². The van der Waals surface area contributed by atoms with Gasteiger partial charge in [-0.3, -0.25) is 0 Å². The summed E-state index contributed by atoms with van der Waals surface area (Å²) >= 11 is 10.4. The molecule has 2 aliphatic rings. The van der Waals surface area contributed by atoms with Crippen molar-refractivity contribution in [1.29, 1.82) is 0 Å².